The molecule has 0 saturated heterocycles. The molecule has 1 heterocycles. The van der Waals surface area contributed by atoms with E-state index in [2.05, 4.69) is 49.3 Å². The molecule has 0 aliphatic heterocycles. The molecule has 0 fully saturated rings. The topological polar surface area (TPSA) is 4.93 Å². The van der Waals surface area contributed by atoms with E-state index in [1.807, 2.05) is 6.20 Å². The van der Waals surface area contributed by atoms with Crippen LogP contribution in [0, 0.1) is 0 Å². The summed E-state index contributed by atoms with van der Waals surface area (Å²) in [6.45, 7) is 8.45. The van der Waals surface area contributed by atoms with Crippen LogP contribution in [0.25, 0.3) is 23.2 Å². The highest BCUT2D eigenvalue weighted by atomic mass is 15.0. The van der Waals surface area contributed by atoms with Gasteiger partial charge in [0.15, 0.2) is 0 Å². The van der Waals surface area contributed by atoms with Gasteiger partial charge in [0.25, 0.3) is 0 Å². The Morgan fingerprint density at radius 2 is 2.05 bits per heavy atom. The average molecular weight is 251 g/mol. The molecule has 0 spiro atoms. The van der Waals surface area contributed by atoms with Gasteiger partial charge in [0.1, 0.15) is 0 Å². The fourth-order valence-electron chi connectivity index (χ4n) is 3.12. The van der Waals surface area contributed by atoms with Crippen molar-refractivity contribution < 1.29 is 0 Å². The van der Waals surface area contributed by atoms with Crippen molar-refractivity contribution in [3.63, 3.8) is 0 Å². The summed E-state index contributed by atoms with van der Waals surface area (Å²) in [6, 6.07) is 6.83. The Morgan fingerprint density at radius 1 is 1.21 bits per heavy atom. The zero-order chi connectivity index (χ0) is 13.4. The number of nitrogens with zero attached hydrogens (tertiary/aromatic N) is 1. The predicted molar refractivity (Wildman–Crippen MR) is 84.3 cm³/mol. The van der Waals surface area contributed by atoms with Gasteiger partial charge in [-0.2, -0.15) is 0 Å². The van der Waals surface area contributed by atoms with E-state index in [1.165, 1.54) is 34.1 Å². The molecule has 1 aliphatic carbocycles. The Bertz CT molecular complexity index is 671. The molecular formula is C18H21N. The van der Waals surface area contributed by atoms with E-state index in [-0.39, 0.29) is 0 Å². The Kier molecular flexibility index (Phi) is 3.06. The molecule has 1 aromatic heterocycles. The SMILES string of the molecule is C=Cn1c2c(c3cc(CC)ccc31)C=C(CC)CC2. The largest absolute Gasteiger partial charge is 0.320 e. The zero-order valence-electron chi connectivity index (χ0n) is 11.9. The van der Waals surface area contributed by atoms with Crippen LogP contribution in [0.1, 0.15) is 43.5 Å². The third-order valence-corrected chi connectivity index (χ3v) is 4.29. The zero-order valence-corrected chi connectivity index (χ0v) is 11.9. The van der Waals surface area contributed by atoms with Gasteiger partial charge in [0.2, 0.25) is 0 Å². The van der Waals surface area contributed by atoms with Crippen molar-refractivity contribution in [1.82, 2.24) is 4.57 Å². The van der Waals surface area contributed by atoms with Gasteiger partial charge in [-0.15, -0.1) is 0 Å². The lowest BCUT2D eigenvalue weighted by Gasteiger charge is -2.14. The van der Waals surface area contributed by atoms with E-state index < -0.39 is 0 Å². The molecule has 0 bridgehead atoms. The lowest BCUT2D eigenvalue weighted by molar-refractivity contribution is 0.838. The first-order chi connectivity index (χ1) is 9.28. The minimum absolute atomic E-state index is 1.09. The Morgan fingerprint density at radius 3 is 2.74 bits per heavy atom. The molecule has 0 saturated carbocycles. The van der Waals surface area contributed by atoms with Crippen LogP contribution in [0.2, 0.25) is 0 Å². The quantitative estimate of drug-likeness (QED) is 0.720. The summed E-state index contributed by atoms with van der Waals surface area (Å²) in [5.41, 5.74) is 7.13. The highest BCUT2D eigenvalue weighted by molar-refractivity contribution is 5.94. The minimum atomic E-state index is 1.09. The fourth-order valence-corrected chi connectivity index (χ4v) is 3.12. The first kappa shape index (κ1) is 12.3. The molecule has 0 atom stereocenters. The van der Waals surface area contributed by atoms with Crippen molar-refractivity contribution >= 4 is 23.2 Å². The number of hydrogen-bond acceptors (Lipinski definition) is 0. The third kappa shape index (κ3) is 1.85. The van der Waals surface area contributed by atoms with Crippen molar-refractivity contribution in [3.05, 3.63) is 47.2 Å². The summed E-state index contributed by atoms with van der Waals surface area (Å²) in [4.78, 5) is 0. The Hall–Kier alpha value is -1.76. The minimum Gasteiger partial charge on any atom is -0.320 e. The van der Waals surface area contributed by atoms with Crippen molar-refractivity contribution in [2.75, 3.05) is 0 Å². The maximum Gasteiger partial charge on any atom is 0.0531 e. The van der Waals surface area contributed by atoms with Crippen molar-refractivity contribution in [3.8, 4) is 0 Å². The van der Waals surface area contributed by atoms with Crippen molar-refractivity contribution in [1.29, 1.82) is 0 Å². The van der Waals surface area contributed by atoms with Gasteiger partial charge in [0.05, 0.1) is 5.52 Å². The molecular weight excluding hydrogens is 230 g/mol. The van der Waals surface area contributed by atoms with Gasteiger partial charge in [-0.05, 0) is 43.4 Å². The molecule has 1 nitrogen and oxygen atoms in total. The third-order valence-electron chi connectivity index (χ3n) is 4.29. The van der Waals surface area contributed by atoms with E-state index >= 15 is 0 Å². The highest BCUT2D eigenvalue weighted by Crippen LogP contribution is 2.35. The van der Waals surface area contributed by atoms with E-state index in [0.717, 1.165) is 19.3 Å². The van der Waals surface area contributed by atoms with E-state index in [9.17, 15) is 0 Å². The molecule has 0 radical (unpaired) electrons. The van der Waals surface area contributed by atoms with Crippen LogP contribution in [-0.2, 0) is 12.8 Å². The van der Waals surface area contributed by atoms with Crippen molar-refractivity contribution in [2.24, 2.45) is 0 Å². The summed E-state index contributed by atoms with van der Waals surface area (Å²) in [7, 11) is 0. The normalized spacial score (nSPS) is 14.3. The lowest BCUT2D eigenvalue weighted by Crippen LogP contribution is -2.01. The molecule has 1 aliphatic rings. The molecule has 1 heteroatoms. The fraction of sp³-hybridized carbons (Fsp3) is 0.333. The van der Waals surface area contributed by atoms with Gasteiger partial charge in [-0.1, -0.05) is 38.1 Å². The number of aryl methyl sites for hydroxylation is 1. The lowest BCUT2D eigenvalue weighted by atomic mass is 9.94. The van der Waals surface area contributed by atoms with Gasteiger partial charge in [-0.25, -0.2) is 0 Å². The van der Waals surface area contributed by atoms with Crippen molar-refractivity contribution in [2.45, 2.75) is 39.5 Å². The molecule has 1 aromatic carbocycles. The molecule has 19 heavy (non-hydrogen) atoms. The van der Waals surface area contributed by atoms with Gasteiger partial charge >= 0.3 is 0 Å². The van der Waals surface area contributed by atoms with Crippen LogP contribution in [0.4, 0.5) is 0 Å². The number of aromatic nitrogens is 1. The van der Waals surface area contributed by atoms with Crippen LogP contribution in [0.3, 0.4) is 0 Å². The summed E-state index contributed by atoms with van der Waals surface area (Å²) in [5, 5.41) is 1.39. The summed E-state index contributed by atoms with van der Waals surface area (Å²) in [6.07, 6.45) is 8.94. The number of hydrogen-bond donors (Lipinski definition) is 0. The predicted octanol–water partition coefficient (Wildman–Crippen LogP) is 5.04. The Labute approximate surface area is 115 Å². The number of fused-ring (bicyclic) bond motifs is 3. The molecule has 98 valence electrons. The average Bonchev–Trinajstić information content (AvgIpc) is 2.79. The summed E-state index contributed by atoms with van der Waals surface area (Å²) < 4.78 is 2.27. The first-order valence-corrected chi connectivity index (χ1v) is 7.26. The maximum absolute atomic E-state index is 3.99. The van der Waals surface area contributed by atoms with E-state index in [0.29, 0.717) is 0 Å². The van der Waals surface area contributed by atoms with Crippen LogP contribution < -0.4 is 0 Å². The van der Waals surface area contributed by atoms with Gasteiger partial charge < -0.3 is 4.57 Å². The number of allylic oxidation sites excluding steroid dienone is 1. The standard InChI is InChI=1S/C18H21N/c1-4-13-7-9-17-15(11-13)16-12-14(5-2)8-10-18(16)19(17)6-3/h6-7,9,11-12H,3-5,8,10H2,1-2H3. The summed E-state index contributed by atoms with van der Waals surface area (Å²) in [5.74, 6) is 0. The van der Waals surface area contributed by atoms with Gasteiger partial charge in [-0.3, -0.25) is 0 Å². The van der Waals surface area contributed by atoms with Crippen LogP contribution in [0.15, 0.2) is 30.4 Å². The van der Waals surface area contributed by atoms with Crippen LogP contribution in [-0.4, -0.2) is 4.57 Å². The van der Waals surface area contributed by atoms with Crippen LogP contribution >= 0.6 is 0 Å². The smallest absolute Gasteiger partial charge is 0.0531 e. The van der Waals surface area contributed by atoms with Crippen LogP contribution in [0.5, 0.6) is 0 Å². The molecule has 0 unspecified atom stereocenters. The number of rotatable bonds is 3. The Balaban J connectivity index is 2.33. The molecule has 0 amide bonds. The van der Waals surface area contributed by atoms with E-state index in [1.54, 1.807) is 5.57 Å². The maximum atomic E-state index is 3.99. The summed E-state index contributed by atoms with van der Waals surface area (Å²) >= 11 is 0. The van der Waals surface area contributed by atoms with E-state index in [4.69, 9.17) is 0 Å². The number of benzene rings is 1. The van der Waals surface area contributed by atoms with Gasteiger partial charge in [0, 0.05) is 22.8 Å². The molecule has 0 N–H and O–H groups in total. The first-order valence-electron chi connectivity index (χ1n) is 7.26. The second-order valence-electron chi connectivity index (χ2n) is 5.27. The second kappa shape index (κ2) is 4.73. The molecule has 2 aromatic rings. The second-order valence-corrected chi connectivity index (χ2v) is 5.27. The highest BCUT2D eigenvalue weighted by Gasteiger charge is 2.18. The monoisotopic (exact) mass is 251 g/mol. The molecule has 3 rings (SSSR count).